The first-order chi connectivity index (χ1) is 13.1. The van der Waals surface area contributed by atoms with Crippen LogP contribution in [0.1, 0.15) is 46.8 Å². The van der Waals surface area contributed by atoms with Crippen molar-refractivity contribution in [3.63, 3.8) is 0 Å². The summed E-state index contributed by atoms with van der Waals surface area (Å²) in [5.74, 6) is 1.01. The Bertz CT molecular complexity index is 1060. The minimum absolute atomic E-state index is 0.0420. The molecule has 1 aromatic carbocycles. The predicted molar refractivity (Wildman–Crippen MR) is 102 cm³/mol. The number of fused-ring (bicyclic) bond motifs is 2. The fourth-order valence-corrected chi connectivity index (χ4v) is 3.71. The lowest BCUT2D eigenvalue weighted by Crippen LogP contribution is -2.29. The molecule has 0 unspecified atom stereocenters. The quantitative estimate of drug-likeness (QED) is 0.702. The third-order valence-electron chi connectivity index (χ3n) is 5.23. The van der Waals surface area contributed by atoms with Crippen molar-refractivity contribution in [3.05, 3.63) is 51.4 Å². The van der Waals surface area contributed by atoms with E-state index < -0.39 is 0 Å². The highest BCUT2D eigenvalue weighted by atomic mass is 16.3. The van der Waals surface area contributed by atoms with Gasteiger partial charge < -0.3 is 9.73 Å². The number of carbonyl (C=O) groups excluding carboxylic acids is 1. The fraction of sp³-hybridized carbons (Fsp3) is 0.450. The number of hydrogen-bond acceptors (Lipinski definition) is 4. The number of rotatable bonds is 5. The summed E-state index contributed by atoms with van der Waals surface area (Å²) in [7, 11) is 0. The molecule has 0 saturated carbocycles. The van der Waals surface area contributed by atoms with Crippen molar-refractivity contribution in [1.29, 1.82) is 0 Å². The maximum Gasteiger partial charge on any atom is 0.345 e. The molecular formula is C20H24N4O3. The number of nitrogens with one attached hydrogen (secondary N) is 1. The van der Waals surface area contributed by atoms with Crippen LogP contribution in [0, 0.1) is 13.8 Å². The first-order valence-electron chi connectivity index (χ1n) is 9.49. The fourth-order valence-electron chi connectivity index (χ4n) is 3.71. The van der Waals surface area contributed by atoms with Gasteiger partial charge in [0.1, 0.15) is 11.4 Å². The summed E-state index contributed by atoms with van der Waals surface area (Å²) >= 11 is 0. The topological polar surface area (TPSA) is 82.1 Å². The highest BCUT2D eigenvalue weighted by molar-refractivity contribution is 5.99. The number of aromatic nitrogens is 3. The Labute approximate surface area is 157 Å². The van der Waals surface area contributed by atoms with Crippen molar-refractivity contribution < 1.29 is 9.21 Å². The minimum atomic E-state index is -0.223. The second-order valence-corrected chi connectivity index (χ2v) is 7.15. The average Bonchev–Trinajstić information content (AvgIpc) is 3.18. The van der Waals surface area contributed by atoms with Crippen LogP contribution >= 0.6 is 0 Å². The summed E-state index contributed by atoms with van der Waals surface area (Å²) in [4.78, 5) is 24.8. The molecule has 2 aromatic heterocycles. The normalized spacial score (nSPS) is 13.7. The zero-order valence-corrected chi connectivity index (χ0v) is 15.7. The number of para-hydroxylation sites is 1. The molecule has 1 amide bonds. The molecule has 0 atom stereocenters. The summed E-state index contributed by atoms with van der Waals surface area (Å²) < 4.78 is 9.08. The van der Waals surface area contributed by atoms with E-state index in [2.05, 4.69) is 10.4 Å². The molecular weight excluding hydrogens is 344 g/mol. The molecule has 0 aliphatic carbocycles. The first kappa shape index (κ1) is 17.6. The van der Waals surface area contributed by atoms with Gasteiger partial charge in [-0.05, 0) is 38.7 Å². The Morgan fingerprint density at radius 1 is 1.30 bits per heavy atom. The summed E-state index contributed by atoms with van der Waals surface area (Å²) in [6, 6.07) is 5.89. The van der Waals surface area contributed by atoms with E-state index in [-0.39, 0.29) is 11.6 Å². The Balaban J connectivity index is 1.38. The summed E-state index contributed by atoms with van der Waals surface area (Å²) in [6.45, 7) is 5.58. The Kier molecular flexibility index (Phi) is 4.59. The van der Waals surface area contributed by atoms with Crippen LogP contribution in [0.4, 0.5) is 0 Å². The molecule has 0 fully saturated rings. The molecule has 1 N–H and O–H groups in total. The van der Waals surface area contributed by atoms with Crippen LogP contribution in [0.15, 0.2) is 27.4 Å². The number of furan rings is 1. The maximum absolute atomic E-state index is 12.5. The molecule has 0 saturated heterocycles. The molecule has 27 heavy (non-hydrogen) atoms. The maximum atomic E-state index is 12.5. The van der Waals surface area contributed by atoms with E-state index in [1.807, 2.05) is 32.0 Å². The van der Waals surface area contributed by atoms with Gasteiger partial charge in [-0.1, -0.05) is 18.2 Å². The molecule has 0 spiro atoms. The number of amides is 1. The Hall–Kier alpha value is -2.83. The van der Waals surface area contributed by atoms with Crippen LogP contribution in [-0.2, 0) is 19.5 Å². The molecule has 142 valence electrons. The highest BCUT2D eigenvalue weighted by Crippen LogP contribution is 2.27. The molecule has 4 rings (SSSR count). The molecule has 1 aliphatic rings. The van der Waals surface area contributed by atoms with E-state index >= 15 is 0 Å². The minimum Gasteiger partial charge on any atom is -0.450 e. The monoisotopic (exact) mass is 368 g/mol. The lowest BCUT2D eigenvalue weighted by molar-refractivity contribution is 0.0926. The van der Waals surface area contributed by atoms with Crippen molar-refractivity contribution in [2.24, 2.45) is 0 Å². The summed E-state index contributed by atoms with van der Waals surface area (Å²) in [5, 5.41) is 8.27. The van der Waals surface area contributed by atoms with E-state index in [9.17, 15) is 9.59 Å². The standard InChI is InChI=1S/C20H24N4O3/c1-13-7-5-8-15-14(2)18(27-17(13)15)19(25)21-10-6-12-24-20(26)23-11-4-3-9-16(23)22-24/h5,7-8H,3-4,6,9-12H2,1-2H3,(H,21,25). The molecule has 0 bridgehead atoms. The summed E-state index contributed by atoms with van der Waals surface area (Å²) in [5.41, 5.74) is 2.58. The van der Waals surface area contributed by atoms with E-state index in [1.165, 1.54) is 4.68 Å². The number of hydrogen-bond donors (Lipinski definition) is 1. The van der Waals surface area contributed by atoms with Gasteiger partial charge in [0, 0.05) is 37.0 Å². The SMILES string of the molecule is Cc1c(C(=O)NCCCn2nc3n(c2=O)CCCC3)oc2c(C)cccc12. The lowest BCUT2D eigenvalue weighted by Gasteiger charge is -2.09. The van der Waals surface area contributed by atoms with Gasteiger partial charge in [-0.2, -0.15) is 5.10 Å². The van der Waals surface area contributed by atoms with Gasteiger partial charge in [0.25, 0.3) is 5.91 Å². The smallest absolute Gasteiger partial charge is 0.345 e. The molecule has 1 aliphatic heterocycles. The van der Waals surface area contributed by atoms with Crippen LogP contribution in [0.3, 0.4) is 0 Å². The number of aryl methyl sites for hydroxylation is 4. The van der Waals surface area contributed by atoms with E-state index in [1.54, 1.807) is 4.57 Å². The van der Waals surface area contributed by atoms with Crippen molar-refractivity contribution >= 4 is 16.9 Å². The van der Waals surface area contributed by atoms with Gasteiger partial charge in [0.15, 0.2) is 5.76 Å². The van der Waals surface area contributed by atoms with Gasteiger partial charge in [-0.25, -0.2) is 9.48 Å². The molecule has 3 heterocycles. The molecule has 0 radical (unpaired) electrons. The van der Waals surface area contributed by atoms with Crippen LogP contribution in [-0.4, -0.2) is 26.8 Å². The third kappa shape index (κ3) is 3.18. The zero-order chi connectivity index (χ0) is 19.0. The van der Waals surface area contributed by atoms with Crippen LogP contribution in [0.2, 0.25) is 0 Å². The van der Waals surface area contributed by atoms with Crippen molar-refractivity contribution in [1.82, 2.24) is 19.7 Å². The average molecular weight is 368 g/mol. The van der Waals surface area contributed by atoms with Gasteiger partial charge >= 0.3 is 5.69 Å². The van der Waals surface area contributed by atoms with Gasteiger partial charge in [-0.15, -0.1) is 0 Å². The number of carbonyl (C=O) groups is 1. The van der Waals surface area contributed by atoms with Gasteiger partial charge in [-0.3, -0.25) is 9.36 Å². The van der Waals surface area contributed by atoms with Crippen LogP contribution in [0.5, 0.6) is 0 Å². The Morgan fingerprint density at radius 2 is 2.15 bits per heavy atom. The van der Waals surface area contributed by atoms with Gasteiger partial charge in [0.2, 0.25) is 0 Å². The summed E-state index contributed by atoms with van der Waals surface area (Å²) in [6.07, 6.45) is 3.62. The van der Waals surface area contributed by atoms with E-state index in [0.29, 0.717) is 25.3 Å². The lowest BCUT2D eigenvalue weighted by atomic mass is 10.1. The second-order valence-electron chi connectivity index (χ2n) is 7.15. The number of benzene rings is 1. The van der Waals surface area contributed by atoms with E-state index in [0.717, 1.165) is 53.7 Å². The van der Waals surface area contributed by atoms with Crippen LogP contribution in [0.25, 0.3) is 11.0 Å². The molecule has 7 nitrogen and oxygen atoms in total. The third-order valence-corrected chi connectivity index (χ3v) is 5.23. The molecule has 7 heteroatoms. The van der Waals surface area contributed by atoms with Crippen LogP contribution < -0.4 is 11.0 Å². The number of nitrogens with zero attached hydrogens (tertiary/aromatic N) is 3. The van der Waals surface area contributed by atoms with E-state index in [4.69, 9.17) is 4.42 Å². The Morgan fingerprint density at radius 3 is 2.93 bits per heavy atom. The van der Waals surface area contributed by atoms with Crippen molar-refractivity contribution in [3.8, 4) is 0 Å². The second kappa shape index (κ2) is 7.06. The molecule has 3 aromatic rings. The van der Waals surface area contributed by atoms with Crippen molar-refractivity contribution in [2.45, 2.75) is 52.6 Å². The first-order valence-corrected chi connectivity index (χ1v) is 9.49. The zero-order valence-electron chi connectivity index (χ0n) is 15.7. The predicted octanol–water partition coefficient (Wildman–Crippen LogP) is 2.56. The highest BCUT2D eigenvalue weighted by Gasteiger charge is 2.19. The van der Waals surface area contributed by atoms with Gasteiger partial charge in [0.05, 0.1) is 0 Å². The largest absolute Gasteiger partial charge is 0.450 e. The van der Waals surface area contributed by atoms with Crippen molar-refractivity contribution in [2.75, 3.05) is 6.54 Å².